The number of amides is 1. The number of nitrogens with one attached hydrogen (secondary N) is 1. The molecule has 0 aromatic carbocycles. The van der Waals surface area contributed by atoms with Gasteiger partial charge in [0.1, 0.15) is 0 Å². The summed E-state index contributed by atoms with van der Waals surface area (Å²) in [7, 11) is 0. The highest BCUT2D eigenvalue weighted by Crippen LogP contribution is 2.19. The van der Waals surface area contributed by atoms with Crippen LogP contribution in [0.4, 0.5) is 0 Å². The van der Waals surface area contributed by atoms with Crippen molar-refractivity contribution in [1.82, 2.24) is 10.2 Å². The van der Waals surface area contributed by atoms with Gasteiger partial charge in [-0.15, -0.1) is 0 Å². The van der Waals surface area contributed by atoms with Gasteiger partial charge in [0.05, 0.1) is 6.61 Å². The van der Waals surface area contributed by atoms with Crippen LogP contribution < -0.4 is 5.32 Å². The van der Waals surface area contributed by atoms with E-state index < -0.39 is 0 Å². The van der Waals surface area contributed by atoms with Crippen molar-refractivity contribution < 1.29 is 9.53 Å². The van der Waals surface area contributed by atoms with Crippen LogP contribution in [0.3, 0.4) is 0 Å². The van der Waals surface area contributed by atoms with Crippen molar-refractivity contribution >= 4 is 5.91 Å². The third kappa shape index (κ3) is 4.74. The maximum Gasteiger partial charge on any atom is 0.222 e. The second-order valence-corrected chi connectivity index (χ2v) is 6.19. The van der Waals surface area contributed by atoms with Crippen LogP contribution in [0.1, 0.15) is 51.9 Å². The largest absolute Gasteiger partial charge is 0.381 e. The van der Waals surface area contributed by atoms with Gasteiger partial charge in [-0.3, -0.25) is 4.79 Å². The fraction of sp³-hybridized carbons (Fsp3) is 0.938. The second kappa shape index (κ2) is 8.63. The molecule has 4 nitrogen and oxygen atoms in total. The van der Waals surface area contributed by atoms with E-state index >= 15 is 0 Å². The number of nitrogens with zero attached hydrogens (tertiary/aromatic N) is 1. The van der Waals surface area contributed by atoms with Gasteiger partial charge < -0.3 is 15.0 Å². The number of ether oxygens (including phenoxy) is 1. The Morgan fingerprint density at radius 2 is 2.20 bits per heavy atom. The highest BCUT2D eigenvalue weighted by molar-refractivity contribution is 5.76. The van der Waals surface area contributed by atoms with Gasteiger partial charge in [0.2, 0.25) is 5.91 Å². The van der Waals surface area contributed by atoms with Crippen LogP contribution in [0.15, 0.2) is 0 Å². The van der Waals surface area contributed by atoms with E-state index in [2.05, 4.69) is 17.1 Å². The minimum atomic E-state index is 0.354. The van der Waals surface area contributed by atoms with Crippen LogP contribution in [-0.2, 0) is 9.53 Å². The van der Waals surface area contributed by atoms with Crippen molar-refractivity contribution in [1.29, 1.82) is 0 Å². The number of carbonyl (C=O) groups is 1. The summed E-state index contributed by atoms with van der Waals surface area (Å²) in [6, 6.07) is 0.404. The van der Waals surface area contributed by atoms with Crippen LogP contribution in [0.5, 0.6) is 0 Å². The molecule has 2 unspecified atom stereocenters. The van der Waals surface area contributed by atoms with Gasteiger partial charge in [-0.1, -0.05) is 19.8 Å². The zero-order chi connectivity index (χ0) is 14.2. The molecule has 1 amide bonds. The summed E-state index contributed by atoms with van der Waals surface area (Å²) in [5.74, 6) is 0.923. The number of likely N-dealkylation sites (tertiary alicyclic amines) is 1. The molecule has 20 heavy (non-hydrogen) atoms. The number of hydrogen-bond acceptors (Lipinski definition) is 3. The van der Waals surface area contributed by atoms with E-state index in [1.807, 2.05) is 0 Å². The maximum absolute atomic E-state index is 12.3. The number of carbonyl (C=O) groups excluding carboxylic acids is 1. The van der Waals surface area contributed by atoms with Crippen LogP contribution in [0, 0.1) is 5.92 Å². The third-order valence-corrected chi connectivity index (χ3v) is 4.53. The van der Waals surface area contributed by atoms with E-state index in [1.54, 1.807) is 0 Å². The summed E-state index contributed by atoms with van der Waals surface area (Å²) in [5.41, 5.74) is 0. The Hall–Kier alpha value is -0.610. The van der Waals surface area contributed by atoms with Crippen molar-refractivity contribution in [2.24, 2.45) is 5.92 Å². The SMILES string of the molecule is CCCNC(CN1CCCCCCC1=O)C1CCOC1. The smallest absolute Gasteiger partial charge is 0.222 e. The Bertz CT molecular complexity index is 290. The van der Waals surface area contributed by atoms with Gasteiger partial charge in [-0.2, -0.15) is 0 Å². The van der Waals surface area contributed by atoms with Gasteiger partial charge >= 0.3 is 0 Å². The summed E-state index contributed by atoms with van der Waals surface area (Å²) in [4.78, 5) is 14.4. The summed E-state index contributed by atoms with van der Waals surface area (Å²) in [6.07, 6.45) is 7.71. The highest BCUT2D eigenvalue weighted by atomic mass is 16.5. The Morgan fingerprint density at radius 3 is 2.95 bits per heavy atom. The average Bonchev–Trinajstić information content (AvgIpc) is 2.96. The molecule has 2 aliphatic rings. The van der Waals surface area contributed by atoms with Crippen LogP contribution in [0.2, 0.25) is 0 Å². The first-order valence-electron chi connectivity index (χ1n) is 8.40. The highest BCUT2D eigenvalue weighted by Gasteiger charge is 2.28. The molecule has 0 aromatic rings. The van der Waals surface area contributed by atoms with E-state index in [-0.39, 0.29) is 0 Å². The molecule has 1 N–H and O–H groups in total. The molecular formula is C16H30N2O2. The first kappa shape index (κ1) is 15.8. The molecule has 0 bridgehead atoms. The lowest BCUT2D eigenvalue weighted by molar-refractivity contribution is -0.132. The standard InChI is InChI=1S/C16H30N2O2/c1-2-9-17-15(14-8-11-20-13-14)12-18-10-6-4-3-5-7-16(18)19/h14-15,17H,2-13H2,1H3. The van der Waals surface area contributed by atoms with E-state index in [0.717, 1.165) is 65.0 Å². The van der Waals surface area contributed by atoms with Crippen molar-refractivity contribution in [3.05, 3.63) is 0 Å². The molecule has 0 saturated carbocycles. The van der Waals surface area contributed by atoms with Crippen LogP contribution >= 0.6 is 0 Å². The molecule has 2 atom stereocenters. The lowest BCUT2D eigenvalue weighted by atomic mass is 9.97. The number of rotatable bonds is 6. The van der Waals surface area contributed by atoms with Crippen LogP contribution in [-0.4, -0.2) is 49.7 Å². The van der Waals surface area contributed by atoms with E-state index in [0.29, 0.717) is 17.9 Å². The predicted octanol–water partition coefficient (Wildman–Crippen LogP) is 2.18. The maximum atomic E-state index is 12.3. The molecular weight excluding hydrogens is 252 g/mol. The van der Waals surface area contributed by atoms with Gasteiger partial charge in [0, 0.05) is 38.1 Å². The van der Waals surface area contributed by atoms with Gasteiger partial charge in [0.15, 0.2) is 0 Å². The first-order valence-corrected chi connectivity index (χ1v) is 8.40. The molecule has 116 valence electrons. The number of hydrogen-bond donors (Lipinski definition) is 1. The molecule has 2 heterocycles. The molecule has 2 fully saturated rings. The van der Waals surface area contributed by atoms with Crippen molar-refractivity contribution in [3.8, 4) is 0 Å². The summed E-state index contributed by atoms with van der Waals surface area (Å²) >= 11 is 0. The summed E-state index contributed by atoms with van der Waals surface area (Å²) in [6.45, 7) is 6.76. The van der Waals surface area contributed by atoms with E-state index in [9.17, 15) is 4.79 Å². The molecule has 0 radical (unpaired) electrons. The zero-order valence-electron chi connectivity index (χ0n) is 12.9. The second-order valence-electron chi connectivity index (χ2n) is 6.19. The third-order valence-electron chi connectivity index (χ3n) is 4.53. The summed E-state index contributed by atoms with van der Waals surface area (Å²) < 4.78 is 5.54. The lowest BCUT2D eigenvalue weighted by Gasteiger charge is -2.32. The Morgan fingerprint density at radius 1 is 1.35 bits per heavy atom. The molecule has 0 spiro atoms. The van der Waals surface area contributed by atoms with Crippen molar-refractivity contribution in [2.75, 3.05) is 32.8 Å². The monoisotopic (exact) mass is 282 g/mol. The molecule has 2 saturated heterocycles. The lowest BCUT2D eigenvalue weighted by Crippen LogP contribution is -2.48. The Balaban J connectivity index is 1.91. The normalized spacial score (nSPS) is 26.4. The van der Waals surface area contributed by atoms with Gasteiger partial charge in [-0.05, 0) is 32.2 Å². The minimum Gasteiger partial charge on any atom is -0.381 e. The molecule has 0 aromatic heterocycles. The molecule has 4 heteroatoms. The quantitative estimate of drug-likeness (QED) is 0.812. The molecule has 2 rings (SSSR count). The van der Waals surface area contributed by atoms with Gasteiger partial charge in [-0.25, -0.2) is 0 Å². The Kier molecular flexibility index (Phi) is 6.80. The summed E-state index contributed by atoms with van der Waals surface area (Å²) in [5, 5.41) is 3.64. The van der Waals surface area contributed by atoms with Crippen molar-refractivity contribution in [3.63, 3.8) is 0 Å². The van der Waals surface area contributed by atoms with Crippen molar-refractivity contribution in [2.45, 2.75) is 57.9 Å². The Labute approximate surface area is 123 Å². The molecule has 2 aliphatic heterocycles. The predicted molar refractivity (Wildman–Crippen MR) is 80.7 cm³/mol. The molecule has 0 aliphatic carbocycles. The fourth-order valence-electron chi connectivity index (χ4n) is 3.23. The van der Waals surface area contributed by atoms with E-state index in [1.165, 1.54) is 12.8 Å². The van der Waals surface area contributed by atoms with Crippen LogP contribution in [0.25, 0.3) is 0 Å². The fourth-order valence-corrected chi connectivity index (χ4v) is 3.23. The first-order chi connectivity index (χ1) is 9.81. The topological polar surface area (TPSA) is 41.6 Å². The zero-order valence-corrected chi connectivity index (χ0v) is 12.9. The minimum absolute atomic E-state index is 0.354. The van der Waals surface area contributed by atoms with Gasteiger partial charge in [0.25, 0.3) is 0 Å². The average molecular weight is 282 g/mol. The van der Waals surface area contributed by atoms with E-state index in [4.69, 9.17) is 4.74 Å².